The van der Waals surface area contributed by atoms with E-state index >= 15 is 0 Å². The SMILES string of the molecule is COCCNS(=O)(=O)c1ccc(OCC(=O)Nc2cc(OC)c(OC)cc2C(=O)OC)c(Cl)c1. The lowest BCUT2D eigenvalue weighted by atomic mass is 10.1. The molecule has 0 unspecified atom stereocenters. The fourth-order valence-corrected chi connectivity index (χ4v) is 4.06. The maximum atomic E-state index is 12.5. The van der Waals surface area contributed by atoms with E-state index in [-0.39, 0.29) is 51.6 Å². The molecule has 0 radical (unpaired) electrons. The van der Waals surface area contributed by atoms with Gasteiger partial charge in [-0.3, -0.25) is 4.79 Å². The van der Waals surface area contributed by atoms with Gasteiger partial charge >= 0.3 is 5.97 Å². The molecule has 0 fully saturated rings. The van der Waals surface area contributed by atoms with Crippen molar-refractivity contribution in [3.8, 4) is 17.2 Å². The number of nitrogens with one attached hydrogen (secondary N) is 2. The van der Waals surface area contributed by atoms with Crippen molar-refractivity contribution in [2.75, 3.05) is 53.5 Å². The molecule has 0 aliphatic rings. The summed E-state index contributed by atoms with van der Waals surface area (Å²) in [6.07, 6.45) is 0. The summed E-state index contributed by atoms with van der Waals surface area (Å²) < 4.78 is 52.2. The molecule has 13 heteroatoms. The van der Waals surface area contributed by atoms with E-state index in [0.717, 1.165) is 0 Å². The van der Waals surface area contributed by atoms with Crippen molar-refractivity contribution in [2.45, 2.75) is 4.90 Å². The predicted octanol–water partition coefficient (Wildman–Crippen LogP) is 2.09. The average molecular weight is 517 g/mol. The molecule has 0 aliphatic heterocycles. The highest BCUT2D eigenvalue weighted by molar-refractivity contribution is 7.89. The summed E-state index contributed by atoms with van der Waals surface area (Å²) in [6.45, 7) is -0.174. The van der Waals surface area contributed by atoms with Gasteiger partial charge in [-0.2, -0.15) is 0 Å². The molecule has 0 bridgehead atoms. The van der Waals surface area contributed by atoms with Crippen LogP contribution in [0.2, 0.25) is 5.02 Å². The highest BCUT2D eigenvalue weighted by Crippen LogP contribution is 2.34. The second-order valence-corrected chi connectivity index (χ2v) is 8.74. The number of amides is 1. The van der Waals surface area contributed by atoms with Crippen LogP contribution in [-0.2, 0) is 24.3 Å². The molecule has 0 heterocycles. The first-order chi connectivity index (χ1) is 16.2. The maximum absolute atomic E-state index is 12.5. The standard InChI is InChI=1S/C21H25ClN2O9S/c1-29-8-7-23-34(27,28)13-5-6-17(15(22)9-13)33-12-20(25)24-16-11-19(31-3)18(30-2)10-14(16)21(26)32-4/h5-6,9-11,23H,7-8,12H2,1-4H3,(H,24,25). The molecule has 0 spiro atoms. The Kier molecular flexibility index (Phi) is 9.93. The number of rotatable bonds is 12. The molecule has 1 amide bonds. The molecule has 2 N–H and O–H groups in total. The largest absolute Gasteiger partial charge is 0.493 e. The summed E-state index contributed by atoms with van der Waals surface area (Å²) >= 11 is 6.13. The Morgan fingerprint density at radius 1 is 0.971 bits per heavy atom. The van der Waals surface area contributed by atoms with E-state index in [0.29, 0.717) is 0 Å². The number of carbonyl (C=O) groups excluding carboxylic acids is 2. The number of anilines is 1. The lowest BCUT2D eigenvalue weighted by Gasteiger charge is -2.15. The van der Waals surface area contributed by atoms with Gasteiger partial charge in [0.2, 0.25) is 10.0 Å². The molecule has 0 saturated heterocycles. The highest BCUT2D eigenvalue weighted by atomic mass is 35.5. The fraction of sp³-hybridized carbons (Fsp3) is 0.333. The Labute approximate surface area is 202 Å². The molecule has 2 aromatic carbocycles. The van der Waals surface area contributed by atoms with Gasteiger partial charge in [-0.25, -0.2) is 17.9 Å². The van der Waals surface area contributed by atoms with Crippen LogP contribution in [0, 0.1) is 0 Å². The van der Waals surface area contributed by atoms with Gasteiger partial charge in [0.25, 0.3) is 5.91 Å². The number of methoxy groups -OCH3 is 4. The zero-order chi connectivity index (χ0) is 25.3. The van der Waals surface area contributed by atoms with Crippen LogP contribution in [0.25, 0.3) is 0 Å². The minimum Gasteiger partial charge on any atom is -0.493 e. The van der Waals surface area contributed by atoms with Crippen molar-refractivity contribution in [1.82, 2.24) is 4.72 Å². The summed E-state index contributed by atoms with van der Waals surface area (Å²) in [4.78, 5) is 24.5. The molecule has 0 aliphatic carbocycles. The molecule has 2 aromatic rings. The second-order valence-electron chi connectivity index (χ2n) is 6.56. The van der Waals surface area contributed by atoms with E-state index in [1.54, 1.807) is 0 Å². The van der Waals surface area contributed by atoms with Crippen molar-refractivity contribution < 1.29 is 41.7 Å². The van der Waals surface area contributed by atoms with Crippen LogP contribution < -0.4 is 24.2 Å². The van der Waals surface area contributed by atoms with Crippen LogP contribution in [0.3, 0.4) is 0 Å². The fourth-order valence-electron chi connectivity index (χ4n) is 2.72. The van der Waals surface area contributed by atoms with Crippen molar-refractivity contribution in [3.63, 3.8) is 0 Å². The van der Waals surface area contributed by atoms with Crippen LogP contribution in [0.1, 0.15) is 10.4 Å². The Balaban J connectivity index is 2.13. The maximum Gasteiger partial charge on any atom is 0.340 e. The summed E-state index contributed by atoms with van der Waals surface area (Å²) in [5.41, 5.74) is 0.162. The van der Waals surface area contributed by atoms with Gasteiger partial charge in [-0.1, -0.05) is 11.6 Å². The van der Waals surface area contributed by atoms with E-state index in [9.17, 15) is 18.0 Å². The third-order valence-electron chi connectivity index (χ3n) is 4.37. The van der Waals surface area contributed by atoms with Gasteiger partial charge in [0.1, 0.15) is 5.75 Å². The van der Waals surface area contributed by atoms with Crippen molar-refractivity contribution >= 4 is 39.2 Å². The zero-order valence-electron chi connectivity index (χ0n) is 19.0. The number of ether oxygens (including phenoxy) is 5. The molecule has 0 atom stereocenters. The number of esters is 1. The molecule has 11 nitrogen and oxygen atoms in total. The van der Waals surface area contributed by atoms with Crippen LogP contribution in [0.15, 0.2) is 35.2 Å². The predicted molar refractivity (Wildman–Crippen MR) is 124 cm³/mol. The summed E-state index contributed by atoms with van der Waals surface area (Å²) in [5.74, 6) is -0.670. The first kappa shape index (κ1) is 27.2. The first-order valence-corrected chi connectivity index (χ1v) is 11.6. The second kappa shape index (κ2) is 12.4. The zero-order valence-corrected chi connectivity index (χ0v) is 20.5. The molecule has 0 saturated carbocycles. The number of hydrogen-bond acceptors (Lipinski definition) is 9. The smallest absolute Gasteiger partial charge is 0.340 e. The van der Waals surface area contributed by atoms with Crippen LogP contribution in [-0.4, -0.2) is 68.5 Å². The monoisotopic (exact) mass is 516 g/mol. The minimum absolute atomic E-state index is 0.0104. The number of halogens is 1. The van der Waals surface area contributed by atoms with E-state index < -0.39 is 28.5 Å². The van der Waals surface area contributed by atoms with E-state index in [1.807, 2.05) is 0 Å². The topological polar surface area (TPSA) is 138 Å². The van der Waals surface area contributed by atoms with Crippen LogP contribution >= 0.6 is 11.6 Å². The van der Waals surface area contributed by atoms with Gasteiger partial charge in [0.05, 0.1) is 49.1 Å². The van der Waals surface area contributed by atoms with Crippen molar-refractivity contribution in [3.05, 3.63) is 40.9 Å². The molecular formula is C21H25ClN2O9S. The van der Waals surface area contributed by atoms with Gasteiger partial charge in [0.15, 0.2) is 18.1 Å². The molecule has 186 valence electrons. The lowest BCUT2D eigenvalue weighted by Crippen LogP contribution is -2.27. The average Bonchev–Trinajstić information content (AvgIpc) is 2.82. The normalized spacial score (nSPS) is 11.0. The Bertz CT molecular complexity index is 1140. The molecule has 2 rings (SSSR count). The summed E-state index contributed by atoms with van der Waals surface area (Å²) in [5, 5.41) is 2.53. The number of sulfonamides is 1. The number of hydrogen-bond donors (Lipinski definition) is 2. The minimum atomic E-state index is -3.79. The highest BCUT2D eigenvalue weighted by Gasteiger charge is 2.20. The molecule has 34 heavy (non-hydrogen) atoms. The Morgan fingerprint density at radius 3 is 2.24 bits per heavy atom. The summed E-state index contributed by atoms with van der Waals surface area (Å²) in [6, 6.07) is 6.60. The Morgan fingerprint density at radius 2 is 1.65 bits per heavy atom. The summed E-state index contributed by atoms with van der Waals surface area (Å²) in [7, 11) is 1.68. The van der Waals surface area contributed by atoms with Crippen LogP contribution in [0.4, 0.5) is 5.69 Å². The third-order valence-corrected chi connectivity index (χ3v) is 6.13. The van der Waals surface area contributed by atoms with E-state index in [2.05, 4.69) is 10.0 Å². The van der Waals surface area contributed by atoms with E-state index in [1.165, 1.54) is 58.8 Å². The van der Waals surface area contributed by atoms with Gasteiger partial charge in [0, 0.05) is 25.8 Å². The lowest BCUT2D eigenvalue weighted by molar-refractivity contribution is -0.118. The molecule has 0 aromatic heterocycles. The van der Waals surface area contributed by atoms with Gasteiger partial charge in [-0.15, -0.1) is 0 Å². The van der Waals surface area contributed by atoms with Gasteiger partial charge in [-0.05, 0) is 18.2 Å². The first-order valence-electron chi connectivity index (χ1n) is 9.72. The third kappa shape index (κ3) is 6.97. The van der Waals surface area contributed by atoms with Crippen molar-refractivity contribution in [2.24, 2.45) is 0 Å². The number of carbonyl (C=O) groups is 2. The molecular weight excluding hydrogens is 492 g/mol. The quantitative estimate of drug-likeness (QED) is 0.320. The Hall–Kier alpha value is -3.06. The van der Waals surface area contributed by atoms with Gasteiger partial charge < -0.3 is 29.0 Å². The van der Waals surface area contributed by atoms with E-state index in [4.69, 9.17) is 35.3 Å². The van der Waals surface area contributed by atoms with Crippen LogP contribution in [0.5, 0.6) is 17.2 Å². The number of benzene rings is 2. The van der Waals surface area contributed by atoms with Crippen molar-refractivity contribution in [1.29, 1.82) is 0 Å².